The molecule has 0 spiro atoms. The Labute approximate surface area is 117 Å². The first-order chi connectivity index (χ1) is 8.74. The zero-order chi connectivity index (χ0) is 13.0. The van der Waals surface area contributed by atoms with Crippen LogP contribution in [0, 0.1) is 5.92 Å². The second kappa shape index (κ2) is 6.43. The van der Waals surface area contributed by atoms with E-state index in [1.54, 1.807) is 0 Å². The highest BCUT2D eigenvalue weighted by molar-refractivity contribution is 9.10. The van der Waals surface area contributed by atoms with Gasteiger partial charge in [0.05, 0.1) is 17.7 Å². The van der Waals surface area contributed by atoms with E-state index in [0.717, 1.165) is 34.9 Å². The lowest BCUT2D eigenvalue weighted by atomic mass is 10.1. The van der Waals surface area contributed by atoms with E-state index in [-0.39, 0.29) is 0 Å². The highest BCUT2D eigenvalue weighted by Crippen LogP contribution is 2.39. The summed E-state index contributed by atoms with van der Waals surface area (Å²) in [7, 11) is 0. The lowest BCUT2D eigenvalue weighted by molar-refractivity contribution is 0.265. The maximum atomic E-state index is 5.87. The van der Waals surface area contributed by atoms with Gasteiger partial charge in [-0.05, 0) is 72.3 Å². The molecule has 0 saturated heterocycles. The van der Waals surface area contributed by atoms with Crippen molar-refractivity contribution < 1.29 is 9.47 Å². The molecule has 1 aliphatic rings. The van der Waals surface area contributed by atoms with E-state index in [4.69, 9.17) is 15.2 Å². The normalized spacial score (nSPS) is 14.6. The van der Waals surface area contributed by atoms with Gasteiger partial charge in [-0.1, -0.05) is 0 Å². The van der Waals surface area contributed by atoms with E-state index in [9.17, 15) is 0 Å². The van der Waals surface area contributed by atoms with Gasteiger partial charge in [0.15, 0.2) is 11.5 Å². The molecule has 0 amide bonds. The number of nitrogens with two attached hydrogens (primary N) is 1. The van der Waals surface area contributed by atoms with Crippen molar-refractivity contribution in [1.82, 2.24) is 0 Å². The fourth-order valence-corrected chi connectivity index (χ4v) is 2.42. The van der Waals surface area contributed by atoms with Gasteiger partial charge in [0.1, 0.15) is 0 Å². The lowest BCUT2D eigenvalue weighted by Gasteiger charge is -2.15. The lowest BCUT2D eigenvalue weighted by Crippen LogP contribution is -2.06. The summed E-state index contributed by atoms with van der Waals surface area (Å²) in [6.45, 7) is 4.04. The number of hydrogen-bond donors (Lipinski definition) is 1. The summed E-state index contributed by atoms with van der Waals surface area (Å²) in [4.78, 5) is 0. The van der Waals surface area contributed by atoms with Crippen LogP contribution in [0.15, 0.2) is 16.6 Å². The molecule has 1 aliphatic carbocycles. The zero-order valence-corrected chi connectivity index (χ0v) is 12.3. The first-order valence-corrected chi connectivity index (χ1v) is 7.32. The largest absolute Gasteiger partial charge is 0.490 e. The van der Waals surface area contributed by atoms with Crippen molar-refractivity contribution in [2.75, 3.05) is 19.8 Å². The Morgan fingerprint density at radius 3 is 2.72 bits per heavy atom. The molecule has 0 bridgehead atoms. The van der Waals surface area contributed by atoms with E-state index < -0.39 is 0 Å². The van der Waals surface area contributed by atoms with Gasteiger partial charge in [-0.15, -0.1) is 0 Å². The van der Waals surface area contributed by atoms with Crippen molar-refractivity contribution in [3.8, 4) is 11.5 Å². The van der Waals surface area contributed by atoms with Crippen molar-refractivity contribution in [3.05, 3.63) is 22.2 Å². The molecule has 100 valence electrons. The highest BCUT2D eigenvalue weighted by Gasteiger charge is 2.23. The minimum atomic E-state index is 0.637. The summed E-state index contributed by atoms with van der Waals surface area (Å²) in [5.74, 6) is 2.37. The molecule has 0 aromatic heterocycles. The Morgan fingerprint density at radius 2 is 2.11 bits per heavy atom. The van der Waals surface area contributed by atoms with Crippen LogP contribution in [0.4, 0.5) is 0 Å². The first-order valence-electron chi connectivity index (χ1n) is 6.52. The Morgan fingerprint density at radius 1 is 1.33 bits per heavy atom. The van der Waals surface area contributed by atoms with E-state index in [0.29, 0.717) is 13.2 Å². The topological polar surface area (TPSA) is 44.5 Å². The van der Waals surface area contributed by atoms with Crippen LogP contribution in [-0.2, 0) is 6.42 Å². The summed E-state index contributed by atoms with van der Waals surface area (Å²) in [6.07, 6.45) is 3.42. The average molecular weight is 314 g/mol. The van der Waals surface area contributed by atoms with Crippen LogP contribution in [0.5, 0.6) is 11.5 Å². The number of benzene rings is 1. The van der Waals surface area contributed by atoms with E-state index >= 15 is 0 Å². The average Bonchev–Trinajstić information content (AvgIpc) is 3.13. The fourth-order valence-electron chi connectivity index (χ4n) is 1.82. The van der Waals surface area contributed by atoms with E-state index in [1.807, 2.05) is 13.0 Å². The molecular weight excluding hydrogens is 294 g/mol. The van der Waals surface area contributed by atoms with Gasteiger partial charge in [-0.2, -0.15) is 0 Å². The number of ether oxygens (including phenoxy) is 2. The van der Waals surface area contributed by atoms with Gasteiger partial charge in [0.25, 0.3) is 0 Å². The SMILES string of the molecule is CCOc1cc(CCN)cc(Br)c1OCC1CC1. The van der Waals surface area contributed by atoms with Crippen LogP contribution < -0.4 is 15.2 Å². The summed E-state index contributed by atoms with van der Waals surface area (Å²) < 4.78 is 12.5. The fraction of sp³-hybridized carbons (Fsp3) is 0.571. The smallest absolute Gasteiger partial charge is 0.175 e. The Hall–Kier alpha value is -0.740. The van der Waals surface area contributed by atoms with Gasteiger partial charge in [-0.3, -0.25) is 0 Å². The third-order valence-corrected chi connectivity index (χ3v) is 3.55. The maximum Gasteiger partial charge on any atom is 0.175 e. The van der Waals surface area contributed by atoms with Crippen molar-refractivity contribution in [2.45, 2.75) is 26.2 Å². The van der Waals surface area contributed by atoms with Gasteiger partial charge in [0.2, 0.25) is 0 Å². The Balaban J connectivity index is 2.17. The molecule has 0 radical (unpaired) electrons. The van der Waals surface area contributed by atoms with Gasteiger partial charge in [-0.25, -0.2) is 0 Å². The van der Waals surface area contributed by atoms with Gasteiger partial charge in [0, 0.05) is 0 Å². The Kier molecular flexibility index (Phi) is 4.89. The monoisotopic (exact) mass is 313 g/mol. The summed E-state index contributed by atoms with van der Waals surface area (Å²) in [6, 6.07) is 4.10. The number of rotatable bonds is 7. The summed E-state index contributed by atoms with van der Waals surface area (Å²) >= 11 is 3.56. The van der Waals surface area contributed by atoms with Crippen LogP contribution in [0.2, 0.25) is 0 Å². The van der Waals surface area contributed by atoms with Gasteiger partial charge < -0.3 is 15.2 Å². The van der Waals surface area contributed by atoms with Crippen LogP contribution in [-0.4, -0.2) is 19.8 Å². The molecule has 0 aliphatic heterocycles. The maximum absolute atomic E-state index is 5.87. The standard InChI is InChI=1S/C14H20BrNO2/c1-2-17-13-8-11(5-6-16)7-12(15)14(13)18-9-10-3-4-10/h7-8,10H,2-6,9,16H2,1H3. The summed E-state index contributed by atoms with van der Waals surface area (Å²) in [5.41, 5.74) is 6.76. The molecule has 0 atom stereocenters. The van der Waals surface area contributed by atoms with Crippen molar-refractivity contribution in [3.63, 3.8) is 0 Å². The molecule has 1 aromatic rings. The molecule has 0 heterocycles. The third kappa shape index (κ3) is 3.62. The van der Waals surface area contributed by atoms with Gasteiger partial charge >= 0.3 is 0 Å². The predicted octanol–water partition coefficient (Wildman–Crippen LogP) is 3.14. The van der Waals surface area contributed by atoms with Crippen LogP contribution in [0.3, 0.4) is 0 Å². The summed E-state index contributed by atoms with van der Waals surface area (Å²) in [5, 5.41) is 0. The molecule has 4 heteroatoms. The van der Waals surface area contributed by atoms with E-state index in [2.05, 4.69) is 22.0 Å². The molecule has 2 N–H and O–H groups in total. The minimum absolute atomic E-state index is 0.637. The van der Waals surface area contributed by atoms with Crippen LogP contribution >= 0.6 is 15.9 Å². The number of hydrogen-bond acceptors (Lipinski definition) is 3. The molecule has 1 fully saturated rings. The third-order valence-electron chi connectivity index (χ3n) is 2.96. The van der Waals surface area contributed by atoms with Crippen molar-refractivity contribution in [2.24, 2.45) is 11.7 Å². The van der Waals surface area contributed by atoms with Crippen molar-refractivity contribution >= 4 is 15.9 Å². The second-order valence-corrected chi connectivity index (χ2v) is 5.49. The molecule has 1 saturated carbocycles. The first kappa shape index (κ1) is 13.7. The molecule has 1 aromatic carbocycles. The van der Waals surface area contributed by atoms with Crippen LogP contribution in [0.1, 0.15) is 25.3 Å². The van der Waals surface area contributed by atoms with Crippen molar-refractivity contribution in [1.29, 1.82) is 0 Å². The van der Waals surface area contributed by atoms with E-state index in [1.165, 1.54) is 18.4 Å². The predicted molar refractivity (Wildman–Crippen MR) is 76.3 cm³/mol. The number of halogens is 1. The molecule has 2 rings (SSSR count). The minimum Gasteiger partial charge on any atom is -0.490 e. The molecule has 18 heavy (non-hydrogen) atoms. The molecular formula is C14H20BrNO2. The zero-order valence-electron chi connectivity index (χ0n) is 10.7. The molecule has 0 unspecified atom stereocenters. The molecule has 3 nitrogen and oxygen atoms in total. The second-order valence-electron chi connectivity index (χ2n) is 4.63. The highest BCUT2D eigenvalue weighted by atomic mass is 79.9. The quantitative estimate of drug-likeness (QED) is 0.841. The van der Waals surface area contributed by atoms with Crippen LogP contribution in [0.25, 0.3) is 0 Å². The Bertz CT molecular complexity index is 405.